The first-order valence-electron chi connectivity index (χ1n) is 6.15. The standard InChI is InChI=1S/C14H14BrN3O/c1-9-7-10(3-5-15)13-11(8-9)14(19)17(2)12-4-6-16-18(12)13/h4,6-8H,3,5H2,1-2H3. The third-order valence-corrected chi connectivity index (χ3v) is 3.81. The molecule has 0 fully saturated rings. The summed E-state index contributed by atoms with van der Waals surface area (Å²) in [6.45, 7) is 2.02. The van der Waals surface area contributed by atoms with Crippen molar-refractivity contribution >= 4 is 32.5 Å². The molecule has 0 aliphatic rings. The third kappa shape index (κ3) is 1.80. The summed E-state index contributed by atoms with van der Waals surface area (Å²) in [6.07, 6.45) is 2.60. The summed E-state index contributed by atoms with van der Waals surface area (Å²) in [4.78, 5) is 12.5. The highest BCUT2D eigenvalue weighted by atomic mass is 79.9. The zero-order chi connectivity index (χ0) is 13.6. The molecular weight excluding hydrogens is 306 g/mol. The Balaban J connectivity index is 2.60. The highest BCUT2D eigenvalue weighted by molar-refractivity contribution is 9.09. The lowest BCUT2D eigenvalue weighted by Crippen LogP contribution is -2.20. The maximum Gasteiger partial charge on any atom is 0.261 e. The predicted molar refractivity (Wildman–Crippen MR) is 80.2 cm³/mol. The molecule has 5 heteroatoms. The first-order valence-corrected chi connectivity index (χ1v) is 7.27. The average molecular weight is 320 g/mol. The van der Waals surface area contributed by atoms with Crippen LogP contribution in [-0.4, -0.2) is 19.5 Å². The van der Waals surface area contributed by atoms with Gasteiger partial charge in [0.15, 0.2) is 0 Å². The molecule has 0 saturated heterocycles. The highest BCUT2D eigenvalue weighted by Crippen LogP contribution is 2.20. The molecule has 19 heavy (non-hydrogen) atoms. The van der Waals surface area contributed by atoms with Crippen molar-refractivity contribution in [1.82, 2.24) is 14.2 Å². The number of halogens is 1. The number of fused-ring (bicyclic) bond motifs is 3. The van der Waals surface area contributed by atoms with E-state index in [4.69, 9.17) is 0 Å². The van der Waals surface area contributed by atoms with Crippen molar-refractivity contribution in [3.8, 4) is 0 Å². The molecule has 98 valence electrons. The molecule has 0 unspecified atom stereocenters. The minimum atomic E-state index is 0.0301. The summed E-state index contributed by atoms with van der Waals surface area (Å²) < 4.78 is 3.50. The van der Waals surface area contributed by atoms with Crippen LogP contribution in [0.2, 0.25) is 0 Å². The molecule has 2 aromatic heterocycles. The highest BCUT2D eigenvalue weighted by Gasteiger charge is 2.13. The molecular formula is C14H14BrN3O. The topological polar surface area (TPSA) is 39.3 Å². The van der Waals surface area contributed by atoms with Crippen molar-refractivity contribution in [3.05, 3.63) is 45.9 Å². The van der Waals surface area contributed by atoms with E-state index in [-0.39, 0.29) is 5.56 Å². The molecule has 0 atom stereocenters. The van der Waals surface area contributed by atoms with E-state index in [1.807, 2.05) is 23.6 Å². The maximum atomic E-state index is 12.5. The Hall–Kier alpha value is -1.62. The second kappa shape index (κ2) is 4.49. The third-order valence-electron chi connectivity index (χ3n) is 3.41. The average Bonchev–Trinajstić information content (AvgIpc) is 2.85. The number of rotatable bonds is 2. The quantitative estimate of drug-likeness (QED) is 0.680. The Morgan fingerprint density at radius 1 is 1.37 bits per heavy atom. The molecule has 3 rings (SSSR count). The molecule has 1 aromatic carbocycles. The first-order chi connectivity index (χ1) is 9.13. The van der Waals surface area contributed by atoms with Gasteiger partial charge in [0.1, 0.15) is 5.65 Å². The van der Waals surface area contributed by atoms with Crippen LogP contribution < -0.4 is 5.56 Å². The lowest BCUT2D eigenvalue weighted by molar-refractivity contribution is 0.846. The number of benzene rings is 1. The smallest absolute Gasteiger partial charge is 0.261 e. The van der Waals surface area contributed by atoms with Gasteiger partial charge in [-0.05, 0) is 30.5 Å². The monoisotopic (exact) mass is 319 g/mol. The van der Waals surface area contributed by atoms with Crippen molar-refractivity contribution in [1.29, 1.82) is 0 Å². The van der Waals surface area contributed by atoms with Gasteiger partial charge in [0.25, 0.3) is 5.56 Å². The number of aryl methyl sites for hydroxylation is 3. The maximum absolute atomic E-state index is 12.5. The summed E-state index contributed by atoms with van der Waals surface area (Å²) in [5.41, 5.74) is 4.03. The normalized spacial score (nSPS) is 11.5. The molecule has 3 aromatic rings. The number of hydrogen-bond acceptors (Lipinski definition) is 2. The number of nitrogens with zero attached hydrogens (tertiary/aromatic N) is 3. The first kappa shape index (κ1) is 12.4. The molecule has 2 heterocycles. The molecule has 0 amide bonds. The Kier molecular flexibility index (Phi) is 2.93. The van der Waals surface area contributed by atoms with E-state index in [1.54, 1.807) is 17.8 Å². The van der Waals surface area contributed by atoms with Crippen LogP contribution in [0.1, 0.15) is 11.1 Å². The van der Waals surface area contributed by atoms with Crippen molar-refractivity contribution < 1.29 is 0 Å². The van der Waals surface area contributed by atoms with Gasteiger partial charge in [-0.1, -0.05) is 22.0 Å². The number of aromatic nitrogens is 3. The molecule has 0 radical (unpaired) electrons. The fourth-order valence-corrected chi connectivity index (χ4v) is 2.99. The summed E-state index contributed by atoms with van der Waals surface area (Å²) >= 11 is 3.47. The fourth-order valence-electron chi connectivity index (χ4n) is 2.57. The largest absolute Gasteiger partial charge is 0.296 e. The lowest BCUT2D eigenvalue weighted by atomic mass is 10.0. The second-order valence-electron chi connectivity index (χ2n) is 4.72. The van der Waals surface area contributed by atoms with E-state index in [9.17, 15) is 4.79 Å². The zero-order valence-corrected chi connectivity index (χ0v) is 12.4. The molecule has 0 aliphatic heterocycles. The van der Waals surface area contributed by atoms with Crippen molar-refractivity contribution in [3.63, 3.8) is 0 Å². The molecule has 0 saturated carbocycles. The SMILES string of the molecule is Cc1cc(CCBr)c2c(c1)c(=O)n(C)c1ccnn21. The Labute approximate surface area is 118 Å². The lowest BCUT2D eigenvalue weighted by Gasteiger charge is -2.11. The summed E-state index contributed by atoms with van der Waals surface area (Å²) in [6, 6.07) is 5.93. The van der Waals surface area contributed by atoms with Gasteiger partial charge in [-0.2, -0.15) is 5.10 Å². The van der Waals surface area contributed by atoms with E-state index in [0.29, 0.717) is 0 Å². The van der Waals surface area contributed by atoms with Gasteiger partial charge in [0, 0.05) is 18.4 Å². The van der Waals surface area contributed by atoms with Crippen LogP contribution in [0.4, 0.5) is 0 Å². The van der Waals surface area contributed by atoms with Crippen LogP contribution in [0.15, 0.2) is 29.2 Å². The predicted octanol–water partition coefficient (Wildman–Crippen LogP) is 2.43. The van der Waals surface area contributed by atoms with Gasteiger partial charge < -0.3 is 0 Å². The van der Waals surface area contributed by atoms with Crippen LogP contribution in [0.5, 0.6) is 0 Å². The van der Waals surface area contributed by atoms with Crippen LogP contribution >= 0.6 is 15.9 Å². The second-order valence-corrected chi connectivity index (χ2v) is 5.52. The Morgan fingerprint density at radius 2 is 2.16 bits per heavy atom. The van der Waals surface area contributed by atoms with Gasteiger partial charge in [0.05, 0.1) is 17.1 Å². The Bertz CT molecular complexity index is 832. The molecule has 4 nitrogen and oxygen atoms in total. The van der Waals surface area contributed by atoms with Gasteiger partial charge in [-0.25, -0.2) is 4.52 Å². The van der Waals surface area contributed by atoms with Crippen molar-refractivity contribution in [2.75, 3.05) is 5.33 Å². The van der Waals surface area contributed by atoms with E-state index in [0.717, 1.165) is 39.4 Å². The number of alkyl halides is 1. The minimum absolute atomic E-state index is 0.0301. The molecule has 0 aliphatic carbocycles. The fraction of sp³-hybridized carbons (Fsp3) is 0.286. The minimum Gasteiger partial charge on any atom is -0.296 e. The molecule has 0 spiro atoms. The van der Waals surface area contributed by atoms with Crippen molar-refractivity contribution in [2.45, 2.75) is 13.3 Å². The van der Waals surface area contributed by atoms with Crippen molar-refractivity contribution in [2.24, 2.45) is 7.05 Å². The molecule has 0 N–H and O–H groups in total. The van der Waals surface area contributed by atoms with E-state index >= 15 is 0 Å². The van der Waals surface area contributed by atoms with Crippen LogP contribution in [-0.2, 0) is 13.5 Å². The number of hydrogen-bond donors (Lipinski definition) is 0. The van der Waals surface area contributed by atoms with Gasteiger partial charge in [0.2, 0.25) is 0 Å². The van der Waals surface area contributed by atoms with E-state index in [2.05, 4.69) is 27.1 Å². The summed E-state index contributed by atoms with van der Waals surface area (Å²) in [5.74, 6) is 0. The van der Waals surface area contributed by atoms with Crippen LogP contribution in [0.3, 0.4) is 0 Å². The van der Waals surface area contributed by atoms with Crippen LogP contribution in [0, 0.1) is 6.92 Å². The van der Waals surface area contributed by atoms with E-state index in [1.165, 1.54) is 0 Å². The van der Waals surface area contributed by atoms with Gasteiger partial charge in [-0.3, -0.25) is 9.36 Å². The Morgan fingerprint density at radius 3 is 2.89 bits per heavy atom. The zero-order valence-electron chi connectivity index (χ0n) is 10.9. The van der Waals surface area contributed by atoms with Crippen LogP contribution in [0.25, 0.3) is 16.6 Å². The van der Waals surface area contributed by atoms with Gasteiger partial charge in [-0.15, -0.1) is 0 Å². The summed E-state index contributed by atoms with van der Waals surface area (Å²) in [7, 11) is 1.78. The molecule has 0 bridgehead atoms. The van der Waals surface area contributed by atoms with E-state index < -0.39 is 0 Å². The summed E-state index contributed by atoms with van der Waals surface area (Å²) in [5, 5.41) is 5.96. The van der Waals surface area contributed by atoms with Gasteiger partial charge >= 0.3 is 0 Å².